The van der Waals surface area contributed by atoms with E-state index in [1.165, 1.54) is 12.1 Å². The summed E-state index contributed by atoms with van der Waals surface area (Å²) < 4.78 is 25.1. The van der Waals surface area contributed by atoms with Gasteiger partial charge in [0, 0.05) is 16.8 Å². The van der Waals surface area contributed by atoms with Gasteiger partial charge in [0.2, 0.25) is 5.91 Å². The zero-order chi connectivity index (χ0) is 19.2. The predicted molar refractivity (Wildman–Crippen MR) is 104 cm³/mol. The van der Waals surface area contributed by atoms with Crippen LogP contribution in [-0.2, 0) is 4.79 Å². The van der Waals surface area contributed by atoms with Crippen molar-refractivity contribution >= 4 is 11.6 Å². The zero-order valence-corrected chi connectivity index (χ0v) is 14.7. The molecule has 136 valence electrons. The molecule has 0 aliphatic carbocycles. The molecule has 0 aliphatic heterocycles. The van der Waals surface area contributed by atoms with Gasteiger partial charge in [0.25, 0.3) is 0 Å². The highest BCUT2D eigenvalue weighted by Gasteiger charge is 2.15. The maximum atomic E-state index is 14.0. The number of amides is 1. The van der Waals surface area contributed by atoms with Gasteiger partial charge in [-0.1, -0.05) is 36.9 Å². The van der Waals surface area contributed by atoms with Crippen LogP contribution < -0.4 is 14.8 Å². The number of carbonyl (C=O) groups excluding carboxylic acids is 1. The van der Waals surface area contributed by atoms with Crippen molar-refractivity contribution in [2.75, 3.05) is 12.4 Å². The molecule has 27 heavy (non-hydrogen) atoms. The van der Waals surface area contributed by atoms with E-state index in [2.05, 4.69) is 11.9 Å². The molecular formula is C22H18FNO3. The van der Waals surface area contributed by atoms with Gasteiger partial charge in [-0.3, -0.25) is 4.79 Å². The molecule has 0 radical (unpaired) electrons. The second kappa shape index (κ2) is 8.19. The van der Waals surface area contributed by atoms with Crippen LogP contribution in [0.1, 0.15) is 0 Å². The Hall–Kier alpha value is -3.60. The molecule has 1 amide bonds. The number of benzene rings is 3. The molecule has 0 aliphatic rings. The third kappa shape index (κ3) is 4.15. The highest BCUT2D eigenvalue weighted by molar-refractivity contribution is 6.02. The van der Waals surface area contributed by atoms with Gasteiger partial charge in [-0.25, -0.2) is 4.39 Å². The van der Waals surface area contributed by atoms with Crippen molar-refractivity contribution in [2.45, 2.75) is 0 Å². The SMILES string of the molecule is C=CC(=O)Nc1ccc(OC)cc1-c1ccccc1Oc1ccccc1F. The number of ether oxygens (including phenoxy) is 2. The van der Waals surface area contributed by atoms with E-state index in [9.17, 15) is 9.18 Å². The fourth-order valence-corrected chi connectivity index (χ4v) is 2.59. The summed E-state index contributed by atoms with van der Waals surface area (Å²) in [5.74, 6) is 0.379. The first-order valence-electron chi connectivity index (χ1n) is 8.25. The number of methoxy groups -OCH3 is 1. The Bertz CT molecular complexity index is 985. The molecule has 0 saturated carbocycles. The summed E-state index contributed by atoms with van der Waals surface area (Å²) in [5.41, 5.74) is 1.92. The van der Waals surface area contributed by atoms with Gasteiger partial charge in [-0.2, -0.15) is 0 Å². The number of para-hydroxylation sites is 2. The van der Waals surface area contributed by atoms with Crippen molar-refractivity contribution in [3.63, 3.8) is 0 Å². The van der Waals surface area contributed by atoms with E-state index in [0.717, 1.165) is 0 Å². The van der Waals surface area contributed by atoms with Crippen LogP contribution in [0.4, 0.5) is 10.1 Å². The number of halogens is 1. The molecule has 5 heteroatoms. The zero-order valence-electron chi connectivity index (χ0n) is 14.7. The Morgan fingerprint density at radius 2 is 1.70 bits per heavy atom. The standard InChI is InChI=1S/C22H18FNO3/c1-3-22(25)24-19-13-12-15(26-2)14-17(19)16-8-4-6-10-20(16)27-21-11-7-5-9-18(21)23/h3-14H,1H2,2H3,(H,24,25). The van der Waals surface area contributed by atoms with E-state index >= 15 is 0 Å². The molecule has 0 fully saturated rings. The summed E-state index contributed by atoms with van der Waals surface area (Å²) >= 11 is 0. The van der Waals surface area contributed by atoms with Crippen molar-refractivity contribution in [1.82, 2.24) is 0 Å². The van der Waals surface area contributed by atoms with Gasteiger partial charge in [-0.15, -0.1) is 0 Å². The van der Waals surface area contributed by atoms with Crippen LogP contribution in [-0.4, -0.2) is 13.0 Å². The Labute approximate surface area is 156 Å². The molecular weight excluding hydrogens is 345 g/mol. The number of anilines is 1. The molecule has 0 atom stereocenters. The minimum Gasteiger partial charge on any atom is -0.497 e. The summed E-state index contributed by atoms with van der Waals surface area (Å²) in [6.07, 6.45) is 1.19. The fraction of sp³-hybridized carbons (Fsp3) is 0.0455. The van der Waals surface area contributed by atoms with Gasteiger partial charge < -0.3 is 14.8 Å². The minimum atomic E-state index is -0.460. The lowest BCUT2D eigenvalue weighted by Crippen LogP contribution is -2.08. The van der Waals surface area contributed by atoms with E-state index in [1.807, 2.05) is 12.1 Å². The Morgan fingerprint density at radius 1 is 1.00 bits per heavy atom. The molecule has 1 N–H and O–H groups in total. The number of hydrogen-bond acceptors (Lipinski definition) is 3. The second-order valence-corrected chi connectivity index (χ2v) is 5.63. The topological polar surface area (TPSA) is 47.6 Å². The van der Waals surface area contributed by atoms with Crippen LogP contribution in [0.2, 0.25) is 0 Å². The van der Waals surface area contributed by atoms with Crippen LogP contribution >= 0.6 is 0 Å². The highest BCUT2D eigenvalue weighted by atomic mass is 19.1. The summed E-state index contributed by atoms with van der Waals surface area (Å²) in [6.45, 7) is 3.47. The minimum absolute atomic E-state index is 0.115. The fourth-order valence-electron chi connectivity index (χ4n) is 2.59. The van der Waals surface area contributed by atoms with Gasteiger partial charge >= 0.3 is 0 Å². The van der Waals surface area contributed by atoms with E-state index in [4.69, 9.17) is 9.47 Å². The van der Waals surface area contributed by atoms with Crippen LogP contribution in [0.15, 0.2) is 79.4 Å². The summed E-state index contributed by atoms with van der Waals surface area (Å²) in [6, 6.07) is 18.6. The van der Waals surface area contributed by atoms with Crippen LogP contribution in [0.5, 0.6) is 17.2 Å². The highest BCUT2D eigenvalue weighted by Crippen LogP contribution is 2.39. The molecule has 0 aromatic heterocycles. The number of rotatable bonds is 6. The summed E-state index contributed by atoms with van der Waals surface area (Å²) in [7, 11) is 1.56. The first kappa shape index (κ1) is 18.2. The Kier molecular flexibility index (Phi) is 5.52. The predicted octanol–water partition coefficient (Wildman–Crippen LogP) is 5.42. The van der Waals surface area contributed by atoms with Gasteiger partial charge in [0.05, 0.1) is 7.11 Å². The maximum absolute atomic E-state index is 14.0. The molecule has 3 rings (SSSR count). The quantitative estimate of drug-likeness (QED) is 0.595. The average molecular weight is 363 g/mol. The number of hydrogen-bond donors (Lipinski definition) is 1. The monoisotopic (exact) mass is 363 g/mol. The molecule has 0 heterocycles. The number of nitrogens with one attached hydrogen (secondary N) is 1. The van der Waals surface area contributed by atoms with Crippen molar-refractivity contribution in [2.24, 2.45) is 0 Å². The van der Waals surface area contributed by atoms with Gasteiger partial charge in [0.1, 0.15) is 11.5 Å². The van der Waals surface area contributed by atoms with Crippen molar-refractivity contribution in [3.8, 4) is 28.4 Å². The van der Waals surface area contributed by atoms with Gasteiger partial charge in [-0.05, 0) is 42.5 Å². The lowest BCUT2D eigenvalue weighted by Gasteiger charge is -2.16. The largest absolute Gasteiger partial charge is 0.497 e. The van der Waals surface area contributed by atoms with Gasteiger partial charge in [0.15, 0.2) is 11.6 Å². The smallest absolute Gasteiger partial charge is 0.247 e. The van der Waals surface area contributed by atoms with Crippen molar-refractivity contribution in [3.05, 3.63) is 85.2 Å². The van der Waals surface area contributed by atoms with Crippen LogP contribution in [0.25, 0.3) is 11.1 Å². The van der Waals surface area contributed by atoms with E-state index < -0.39 is 5.82 Å². The Morgan fingerprint density at radius 3 is 2.41 bits per heavy atom. The van der Waals surface area contributed by atoms with E-state index in [1.54, 1.807) is 55.6 Å². The molecule has 0 bridgehead atoms. The summed E-state index contributed by atoms with van der Waals surface area (Å²) in [5, 5.41) is 2.77. The summed E-state index contributed by atoms with van der Waals surface area (Å²) in [4.78, 5) is 11.8. The van der Waals surface area contributed by atoms with Crippen molar-refractivity contribution in [1.29, 1.82) is 0 Å². The molecule has 0 spiro atoms. The molecule has 3 aromatic rings. The number of carbonyl (C=O) groups is 1. The molecule has 4 nitrogen and oxygen atoms in total. The Balaban J connectivity index is 2.09. The first-order valence-corrected chi connectivity index (χ1v) is 8.25. The third-order valence-corrected chi connectivity index (χ3v) is 3.90. The lowest BCUT2D eigenvalue weighted by atomic mass is 10.0. The maximum Gasteiger partial charge on any atom is 0.247 e. The van der Waals surface area contributed by atoms with Crippen molar-refractivity contribution < 1.29 is 18.7 Å². The normalized spacial score (nSPS) is 10.1. The van der Waals surface area contributed by atoms with E-state index in [0.29, 0.717) is 28.3 Å². The second-order valence-electron chi connectivity index (χ2n) is 5.63. The van der Waals surface area contributed by atoms with Crippen LogP contribution in [0, 0.1) is 5.82 Å². The third-order valence-electron chi connectivity index (χ3n) is 3.90. The lowest BCUT2D eigenvalue weighted by molar-refractivity contribution is -0.111. The molecule has 0 saturated heterocycles. The average Bonchev–Trinajstić information content (AvgIpc) is 2.70. The molecule has 0 unspecified atom stereocenters. The van der Waals surface area contributed by atoms with E-state index in [-0.39, 0.29) is 11.7 Å². The first-order chi connectivity index (χ1) is 13.1. The molecule has 3 aromatic carbocycles. The van der Waals surface area contributed by atoms with Crippen LogP contribution in [0.3, 0.4) is 0 Å².